The molecule has 2 aromatic rings. The van der Waals surface area contributed by atoms with Crippen LogP contribution in [0.25, 0.3) is 0 Å². The van der Waals surface area contributed by atoms with Crippen molar-refractivity contribution < 1.29 is 14.3 Å². The zero-order valence-corrected chi connectivity index (χ0v) is 15.4. The Morgan fingerprint density at radius 3 is 2.29 bits per heavy atom. The van der Waals surface area contributed by atoms with E-state index in [1.165, 1.54) is 5.56 Å². The number of urea groups is 1. The molecule has 0 bridgehead atoms. The number of amides is 2. The Bertz CT molecular complexity index is 674. The molecule has 6 heteroatoms. The van der Waals surface area contributed by atoms with E-state index in [1.54, 1.807) is 14.2 Å². The Labute approximate surface area is 150 Å². The first-order valence-electron chi connectivity index (χ1n) is 7.59. The van der Waals surface area contributed by atoms with Gasteiger partial charge in [0.2, 0.25) is 0 Å². The number of hydrogen-bond donors (Lipinski definition) is 2. The molecule has 0 aliphatic rings. The second-order valence-corrected chi connectivity index (χ2v) is 6.09. The quantitative estimate of drug-likeness (QED) is 0.757. The highest BCUT2D eigenvalue weighted by Crippen LogP contribution is 2.27. The third kappa shape index (κ3) is 5.45. The molecule has 0 aliphatic heterocycles. The normalized spacial score (nSPS) is 10.1. The van der Waals surface area contributed by atoms with Gasteiger partial charge in [0.15, 0.2) is 11.5 Å². The lowest BCUT2D eigenvalue weighted by Crippen LogP contribution is -2.36. The smallest absolute Gasteiger partial charge is 0.315 e. The van der Waals surface area contributed by atoms with E-state index >= 15 is 0 Å². The van der Waals surface area contributed by atoms with Gasteiger partial charge in [-0.05, 0) is 41.8 Å². The number of carbonyl (C=O) groups excluding carboxylic acids is 1. The molecule has 2 N–H and O–H groups in total. The number of rotatable bonds is 7. The summed E-state index contributed by atoms with van der Waals surface area (Å²) in [6.45, 7) is 1.00. The van der Waals surface area contributed by atoms with Crippen molar-refractivity contribution in [1.29, 1.82) is 0 Å². The maximum absolute atomic E-state index is 11.9. The summed E-state index contributed by atoms with van der Waals surface area (Å²) in [7, 11) is 3.18. The molecular formula is C18H21BrN2O3. The van der Waals surface area contributed by atoms with Gasteiger partial charge in [0.05, 0.1) is 14.2 Å². The average Bonchev–Trinajstić information content (AvgIpc) is 2.61. The average molecular weight is 393 g/mol. The van der Waals surface area contributed by atoms with Crippen molar-refractivity contribution in [3.05, 3.63) is 58.1 Å². The SMILES string of the molecule is COc1ccc(CNC(=O)NCCc2ccc(Br)cc2)cc1OC. The summed E-state index contributed by atoms with van der Waals surface area (Å²) in [6, 6.07) is 13.4. The van der Waals surface area contributed by atoms with Crippen LogP contribution >= 0.6 is 15.9 Å². The number of methoxy groups -OCH3 is 2. The molecule has 0 heterocycles. The lowest BCUT2D eigenvalue weighted by atomic mass is 10.1. The number of benzene rings is 2. The summed E-state index contributed by atoms with van der Waals surface area (Å²) in [5, 5.41) is 5.68. The van der Waals surface area contributed by atoms with Gasteiger partial charge in [0.25, 0.3) is 0 Å². The fourth-order valence-electron chi connectivity index (χ4n) is 2.21. The van der Waals surface area contributed by atoms with Crippen LogP contribution in [-0.4, -0.2) is 26.8 Å². The number of nitrogens with one attached hydrogen (secondary N) is 2. The molecule has 0 aromatic heterocycles. The minimum Gasteiger partial charge on any atom is -0.493 e. The standard InChI is InChI=1S/C18H21BrN2O3/c1-23-16-8-5-14(11-17(16)24-2)12-21-18(22)20-10-9-13-3-6-15(19)7-4-13/h3-8,11H,9-10,12H2,1-2H3,(H2,20,21,22). The van der Waals surface area contributed by atoms with Crippen molar-refractivity contribution >= 4 is 22.0 Å². The Morgan fingerprint density at radius 1 is 0.958 bits per heavy atom. The fraction of sp³-hybridized carbons (Fsp3) is 0.278. The van der Waals surface area contributed by atoms with E-state index in [0.29, 0.717) is 24.6 Å². The van der Waals surface area contributed by atoms with E-state index < -0.39 is 0 Å². The van der Waals surface area contributed by atoms with Crippen molar-refractivity contribution in [1.82, 2.24) is 10.6 Å². The van der Waals surface area contributed by atoms with Gasteiger partial charge in [-0.1, -0.05) is 34.1 Å². The third-order valence-corrected chi connectivity index (χ3v) is 4.04. The first kappa shape index (κ1) is 18.1. The van der Waals surface area contributed by atoms with E-state index in [0.717, 1.165) is 16.5 Å². The Hall–Kier alpha value is -2.21. The summed E-state index contributed by atoms with van der Waals surface area (Å²) in [4.78, 5) is 11.9. The molecule has 0 atom stereocenters. The number of carbonyl (C=O) groups is 1. The van der Waals surface area contributed by atoms with Crippen LogP contribution in [0.2, 0.25) is 0 Å². The molecule has 0 fully saturated rings. The van der Waals surface area contributed by atoms with Gasteiger partial charge in [0.1, 0.15) is 0 Å². The molecule has 2 aromatic carbocycles. The lowest BCUT2D eigenvalue weighted by Gasteiger charge is -2.11. The highest BCUT2D eigenvalue weighted by molar-refractivity contribution is 9.10. The van der Waals surface area contributed by atoms with Crippen LogP contribution in [0, 0.1) is 0 Å². The van der Waals surface area contributed by atoms with E-state index in [4.69, 9.17) is 9.47 Å². The van der Waals surface area contributed by atoms with Gasteiger partial charge in [-0.25, -0.2) is 4.79 Å². The van der Waals surface area contributed by atoms with Gasteiger partial charge >= 0.3 is 6.03 Å². The van der Waals surface area contributed by atoms with E-state index in [1.807, 2.05) is 42.5 Å². The summed E-state index contributed by atoms with van der Waals surface area (Å²) in [6.07, 6.45) is 0.789. The maximum atomic E-state index is 11.9. The minimum atomic E-state index is -0.193. The molecule has 0 spiro atoms. The van der Waals surface area contributed by atoms with Gasteiger partial charge < -0.3 is 20.1 Å². The van der Waals surface area contributed by atoms with Crippen molar-refractivity contribution in [3.63, 3.8) is 0 Å². The molecule has 0 unspecified atom stereocenters. The summed E-state index contributed by atoms with van der Waals surface area (Å²) >= 11 is 3.40. The third-order valence-electron chi connectivity index (χ3n) is 3.51. The summed E-state index contributed by atoms with van der Waals surface area (Å²) in [5.74, 6) is 1.31. The molecule has 128 valence electrons. The number of halogens is 1. The van der Waals surface area contributed by atoms with Gasteiger partial charge in [0, 0.05) is 17.6 Å². The van der Waals surface area contributed by atoms with E-state index in [2.05, 4.69) is 26.6 Å². The minimum absolute atomic E-state index is 0.193. The predicted molar refractivity (Wildman–Crippen MR) is 97.6 cm³/mol. The van der Waals surface area contributed by atoms with Crippen molar-refractivity contribution in [2.45, 2.75) is 13.0 Å². The molecule has 0 saturated heterocycles. The monoisotopic (exact) mass is 392 g/mol. The number of ether oxygens (including phenoxy) is 2. The zero-order valence-electron chi connectivity index (χ0n) is 13.8. The predicted octanol–water partition coefficient (Wildman–Crippen LogP) is 3.51. The zero-order chi connectivity index (χ0) is 17.4. The molecule has 0 radical (unpaired) electrons. The summed E-state index contributed by atoms with van der Waals surface area (Å²) in [5.41, 5.74) is 2.12. The van der Waals surface area contributed by atoms with Crippen LogP contribution in [0.3, 0.4) is 0 Å². The van der Waals surface area contributed by atoms with Crippen molar-refractivity contribution in [3.8, 4) is 11.5 Å². The molecule has 2 amide bonds. The Morgan fingerprint density at radius 2 is 1.62 bits per heavy atom. The Kier molecular flexibility index (Phi) is 6.93. The first-order chi connectivity index (χ1) is 11.6. The molecule has 0 aliphatic carbocycles. The highest BCUT2D eigenvalue weighted by atomic mass is 79.9. The van der Waals surface area contributed by atoms with Crippen molar-refractivity contribution in [2.75, 3.05) is 20.8 Å². The molecule has 24 heavy (non-hydrogen) atoms. The van der Waals surface area contributed by atoms with Crippen LogP contribution in [-0.2, 0) is 13.0 Å². The molecule has 5 nitrogen and oxygen atoms in total. The van der Waals surface area contributed by atoms with Gasteiger partial charge in [-0.15, -0.1) is 0 Å². The summed E-state index contributed by atoms with van der Waals surface area (Å²) < 4.78 is 11.5. The van der Waals surface area contributed by atoms with E-state index in [9.17, 15) is 4.79 Å². The van der Waals surface area contributed by atoms with Crippen molar-refractivity contribution in [2.24, 2.45) is 0 Å². The van der Waals surface area contributed by atoms with Crippen LogP contribution in [0.5, 0.6) is 11.5 Å². The largest absolute Gasteiger partial charge is 0.493 e. The van der Waals surface area contributed by atoms with Crippen LogP contribution in [0.4, 0.5) is 4.79 Å². The molecule has 2 rings (SSSR count). The number of hydrogen-bond acceptors (Lipinski definition) is 3. The van der Waals surface area contributed by atoms with Crippen LogP contribution in [0.15, 0.2) is 46.9 Å². The van der Waals surface area contributed by atoms with Crippen LogP contribution in [0.1, 0.15) is 11.1 Å². The lowest BCUT2D eigenvalue weighted by molar-refractivity contribution is 0.240. The first-order valence-corrected chi connectivity index (χ1v) is 8.38. The fourth-order valence-corrected chi connectivity index (χ4v) is 2.47. The Balaban J connectivity index is 1.75. The van der Waals surface area contributed by atoms with Gasteiger partial charge in [-0.3, -0.25) is 0 Å². The van der Waals surface area contributed by atoms with E-state index in [-0.39, 0.29) is 6.03 Å². The van der Waals surface area contributed by atoms with Gasteiger partial charge in [-0.2, -0.15) is 0 Å². The molecule has 0 saturated carbocycles. The maximum Gasteiger partial charge on any atom is 0.315 e. The second kappa shape index (κ2) is 9.17. The van der Waals surface area contributed by atoms with Crippen LogP contribution < -0.4 is 20.1 Å². The second-order valence-electron chi connectivity index (χ2n) is 5.18. The highest BCUT2D eigenvalue weighted by Gasteiger charge is 2.06. The molecular weight excluding hydrogens is 372 g/mol. The topological polar surface area (TPSA) is 59.6 Å².